The van der Waals surface area contributed by atoms with Gasteiger partial charge in [-0.25, -0.2) is 0 Å². The van der Waals surface area contributed by atoms with E-state index in [4.69, 9.17) is 5.73 Å². The minimum atomic E-state index is 0.579. The van der Waals surface area contributed by atoms with Crippen molar-refractivity contribution in [2.75, 3.05) is 13.1 Å². The Labute approximate surface area is 106 Å². The van der Waals surface area contributed by atoms with E-state index < -0.39 is 0 Å². The molecule has 0 saturated carbocycles. The minimum Gasteiger partial charge on any atom is -0.330 e. The van der Waals surface area contributed by atoms with E-state index >= 15 is 0 Å². The van der Waals surface area contributed by atoms with Gasteiger partial charge >= 0.3 is 0 Å². The van der Waals surface area contributed by atoms with Gasteiger partial charge in [-0.2, -0.15) is 0 Å². The van der Waals surface area contributed by atoms with Crippen LogP contribution >= 0.6 is 0 Å². The lowest BCUT2D eigenvalue weighted by atomic mass is 10.1. The van der Waals surface area contributed by atoms with E-state index in [2.05, 4.69) is 56.0 Å². The van der Waals surface area contributed by atoms with Gasteiger partial charge in [-0.05, 0) is 38.3 Å². The normalized spacial score (nSPS) is 13.3. The molecule has 1 aromatic rings. The highest BCUT2D eigenvalue weighted by Gasteiger charge is 2.13. The molecule has 0 spiro atoms. The number of rotatable bonds is 7. The SMILES string of the molecule is CC(CCN)CN(Cc1ccccc1)C(C)C. The maximum atomic E-state index is 5.62. The van der Waals surface area contributed by atoms with Gasteiger partial charge in [-0.15, -0.1) is 0 Å². The molecule has 0 fully saturated rings. The molecule has 1 rings (SSSR count). The molecule has 1 unspecified atom stereocenters. The summed E-state index contributed by atoms with van der Waals surface area (Å²) in [6.07, 6.45) is 1.11. The van der Waals surface area contributed by atoms with Crippen molar-refractivity contribution in [3.05, 3.63) is 35.9 Å². The first-order chi connectivity index (χ1) is 8.13. The molecule has 2 heteroatoms. The first-order valence-corrected chi connectivity index (χ1v) is 6.61. The fourth-order valence-corrected chi connectivity index (χ4v) is 2.05. The van der Waals surface area contributed by atoms with Gasteiger partial charge < -0.3 is 5.73 Å². The molecule has 2 nitrogen and oxygen atoms in total. The van der Waals surface area contributed by atoms with Crippen LogP contribution in [0.1, 0.15) is 32.8 Å². The van der Waals surface area contributed by atoms with E-state index in [1.807, 2.05) is 0 Å². The summed E-state index contributed by atoms with van der Waals surface area (Å²) in [6.45, 7) is 9.76. The molecule has 0 aliphatic carbocycles. The first kappa shape index (κ1) is 14.2. The second-order valence-electron chi connectivity index (χ2n) is 5.19. The van der Waals surface area contributed by atoms with Crippen LogP contribution < -0.4 is 5.73 Å². The minimum absolute atomic E-state index is 0.579. The number of nitrogens with zero attached hydrogens (tertiary/aromatic N) is 1. The molecule has 1 aromatic carbocycles. The highest BCUT2D eigenvalue weighted by atomic mass is 15.1. The van der Waals surface area contributed by atoms with E-state index in [1.54, 1.807) is 0 Å². The fraction of sp³-hybridized carbons (Fsp3) is 0.600. The van der Waals surface area contributed by atoms with Crippen LogP contribution in [0.3, 0.4) is 0 Å². The quantitative estimate of drug-likeness (QED) is 0.786. The molecular formula is C15H26N2. The average molecular weight is 234 g/mol. The van der Waals surface area contributed by atoms with Crippen LogP contribution in [0.2, 0.25) is 0 Å². The Morgan fingerprint density at radius 3 is 2.29 bits per heavy atom. The predicted molar refractivity (Wildman–Crippen MR) is 74.8 cm³/mol. The molecule has 0 saturated heterocycles. The van der Waals surface area contributed by atoms with E-state index in [-0.39, 0.29) is 0 Å². The second-order valence-corrected chi connectivity index (χ2v) is 5.19. The fourth-order valence-electron chi connectivity index (χ4n) is 2.05. The summed E-state index contributed by atoms with van der Waals surface area (Å²) in [5.41, 5.74) is 7.01. The topological polar surface area (TPSA) is 29.3 Å². The maximum Gasteiger partial charge on any atom is 0.0236 e. The summed E-state index contributed by atoms with van der Waals surface area (Å²) in [5, 5.41) is 0. The number of hydrogen-bond acceptors (Lipinski definition) is 2. The van der Waals surface area contributed by atoms with Crippen LogP contribution in [0.15, 0.2) is 30.3 Å². The van der Waals surface area contributed by atoms with Crippen molar-refractivity contribution in [2.45, 2.75) is 39.8 Å². The smallest absolute Gasteiger partial charge is 0.0236 e. The Bertz CT molecular complexity index is 295. The van der Waals surface area contributed by atoms with Crippen LogP contribution in [0.5, 0.6) is 0 Å². The van der Waals surface area contributed by atoms with Gasteiger partial charge in [0.25, 0.3) is 0 Å². The van der Waals surface area contributed by atoms with Gasteiger partial charge in [0.05, 0.1) is 0 Å². The van der Waals surface area contributed by atoms with Crippen molar-refractivity contribution in [1.29, 1.82) is 0 Å². The molecule has 0 bridgehead atoms. The van der Waals surface area contributed by atoms with Gasteiger partial charge in [0.15, 0.2) is 0 Å². The average Bonchev–Trinajstić information content (AvgIpc) is 2.29. The Balaban J connectivity index is 2.55. The molecule has 17 heavy (non-hydrogen) atoms. The molecule has 0 aliphatic heterocycles. The highest BCUT2D eigenvalue weighted by Crippen LogP contribution is 2.12. The van der Waals surface area contributed by atoms with Crippen molar-refractivity contribution in [3.8, 4) is 0 Å². The molecule has 0 aliphatic rings. The van der Waals surface area contributed by atoms with Crippen LogP contribution in [0, 0.1) is 5.92 Å². The van der Waals surface area contributed by atoms with Crippen molar-refractivity contribution in [2.24, 2.45) is 11.7 Å². The van der Waals surface area contributed by atoms with Gasteiger partial charge in [-0.3, -0.25) is 4.90 Å². The zero-order valence-corrected chi connectivity index (χ0v) is 11.4. The van der Waals surface area contributed by atoms with Crippen LogP contribution in [0.4, 0.5) is 0 Å². The lowest BCUT2D eigenvalue weighted by molar-refractivity contribution is 0.181. The molecule has 0 aromatic heterocycles. The molecule has 96 valence electrons. The molecule has 2 N–H and O–H groups in total. The van der Waals surface area contributed by atoms with E-state index in [1.165, 1.54) is 5.56 Å². The third-order valence-corrected chi connectivity index (χ3v) is 3.16. The number of nitrogens with two attached hydrogens (primary N) is 1. The van der Waals surface area contributed by atoms with E-state index in [0.29, 0.717) is 12.0 Å². The lowest BCUT2D eigenvalue weighted by Gasteiger charge is -2.29. The van der Waals surface area contributed by atoms with Crippen LogP contribution in [-0.4, -0.2) is 24.0 Å². The highest BCUT2D eigenvalue weighted by molar-refractivity contribution is 5.14. The predicted octanol–water partition coefficient (Wildman–Crippen LogP) is 2.88. The monoisotopic (exact) mass is 234 g/mol. The molecule has 0 amide bonds. The van der Waals surface area contributed by atoms with E-state index in [0.717, 1.165) is 26.1 Å². The standard InChI is InChI=1S/C15H26N2/c1-13(2)17(11-14(3)9-10-16)12-15-7-5-4-6-8-15/h4-8,13-14H,9-12,16H2,1-3H3. The molecule has 0 heterocycles. The van der Waals surface area contributed by atoms with E-state index in [9.17, 15) is 0 Å². The Morgan fingerprint density at radius 1 is 1.12 bits per heavy atom. The number of hydrogen-bond donors (Lipinski definition) is 1. The Kier molecular flexibility index (Phi) is 6.23. The summed E-state index contributed by atoms with van der Waals surface area (Å²) >= 11 is 0. The Morgan fingerprint density at radius 2 is 1.76 bits per heavy atom. The summed E-state index contributed by atoms with van der Waals surface area (Å²) in [5.74, 6) is 0.672. The van der Waals surface area contributed by atoms with Gasteiger partial charge in [-0.1, -0.05) is 37.3 Å². The van der Waals surface area contributed by atoms with Crippen LogP contribution in [0.25, 0.3) is 0 Å². The van der Waals surface area contributed by atoms with Gasteiger partial charge in [0.2, 0.25) is 0 Å². The van der Waals surface area contributed by atoms with Gasteiger partial charge in [0.1, 0.15) is 0 Å². The summed E-state index contributed by atoms with van der Waals surface area (Å²) in [6, 6.07) is 11.3. The first-order valence-electron chi connectivity index (χ1n) is 6.61. The van der Waals surface area contributed by atoms with Crippen LogP contribution in [-0.2, 0) is 6.54 Å². The zero-order valence-electron chi connectivity index (χ0n) is 11.4. The van der Waals surface area contributed by atoms with Gasteiger partial charge in [0, 0.05) is 19.1 Å². The summed E-state index contributed by atoms with van der Waals surface area (Å²) in [4.78, 5) is 2.52. The molecule has 1 atom stereocenters. The summed E-state index contributed by atoms with van der Waals surface area (Å²) < 4.78 is 0. The Hall–Kier alpha value is -0.860. The summed E-state index contributed by atoms with van der Waals surface area (Å²) in [7, 11) is 0. The van der Waals surface area contributed by atoms with Crippen molar-refractivity contribution >= 4 is 0 Å². The maximum absolute atomic E-state index is 5.62. The van der Waals surface area contributed by atoms with Crippen molar-refractivity contribution in [3.63, 3.8) is 0 Å². The van der Waals surface area contributed by atoms with Crippen molar-refractivity contribution < 1.29 is 0 Å². The number of benzene rings is 1. The largest absolute Gasteiger partial charge is 0.330 e. The second kappa shape index (κ2) is 7.46. The third-order valence-electron chi connectivity index (χ3n) is 3.16. The molecular weight excluding hydrogens is 208 g/mol. The zero-order chi connectivity index (χ0) is 12.7. The molecule has 0 radical (unpaired) electrons. The van der Waals surface area contributed by atoms with Crippen molar-refractivity contribution in [1.82, 2.24) is 4.90 Å². The third kappa shape index (κ3) is 5.33. The lowest BCUT2D eigenvalue weighted by Crippen LogP contribution is -2.34.